The summed E-state index contributed by atoms with van der Waals surface area (Å²) in [6, 6.07) is 10.6. The Balaban J connectivity index is 1.54. The number of rotatable bonds is 5. The molecule has 1 amide bonds. The Hall–Kier alpha value is -0.830. The predicted molar refractivity (Wildman–Crippen MR) is 84.8 cm³/mol. The molecule has 2 saturated carbocycles. The molecule has 3 atom stereocenters. The Morgan fingerprint density at radius 3 is 2.45 bits per heavy atom. The van der Waals surface area contributed by atoms with Gasteiger partial charge in [-0.2, -0.15) is 0 Å². The van der Waals surface area contributed by atoms with Crippen LogP contribution in [0.15, 0.2) is 30.3 Å². The third-order valence-electron chi connectivity index (χ3n) is 4.82. The first kappa shape index (κ1) is 14.1. The fourth-order valence-electron chi connectivity index (χ4n) is 3.72. The second-order valence-corrected chi connectivity index (χ2v) is 6.83. The summed E-state index contributed by atoms with van der Waals surface area (Å²) in [5, 5.41) is 4.06. The average molecular weight is 336 g/mol. The number of hydrogen-bond acceptors (Lipinski definition) is 1. The maximum atomic E-state index is 12.4. The third kappa shape index (κ3) is 3.08. The van der Waals surface area contributed by atoms with Gasteiger partial charge in [0, 0.05) is 17.3 Å². The smallest absolute Gasteiger partial charge is 0.223 e. The highest BCUT2D eigenvalue weighted by molar-refractivity contribution is 9.09. The monoisotopic (exact) mass is 335 g/mol. The molecule has 1 aromatic rings. The van der Waals surface area contributed by atoms with Gasteiger partial charge in [-0.1, -0.05) is 59.1 Å². The van der Waals surface area contributed by atoms with Gasteiger partial charge in [0.05, 0.1) is 0 Å². The number of carbonyl (C=O) groups is 1. The molecule has 1 aromatic carbocycles. The number of amides is 1. The van der Waals surface area contributed by atoms with Crippen molar-refractivity contribution in [2.45, 2.75) is 38.1 Å². The second-order valence-electron chi connectivity index (χ2n) is 6.19. The normalized spacial score (nSPS) is 29.4. The van der Waals surface area contributed by atoms with E-state index in [0.717, 1.165) is 11.8 Å². The van der Waals surface area contributed by atoms with Crippen LogP contribution in [0.4, 0.5) is 0 Å². The maximum Gasteiger partial charge on any atom is 0.223 e. The van der Waals surface area contributed by atoms with Gasteiger partial charge in [-0.15, -0.1) is 0 Å². The summed E-state index contributed by atoms with van der Waals surface area (Å²) in [4.78, 5) is 12.4. The summed E-state index contributed by atoms with van der Waals surface area (Å²) >= 11 is 3.53. The zero-order valence-corrected chi connectivity index (χ0v) is 13.3. The van der Waals surface area contributed by atoms with Crippen molar-refractivity contribution in [1.82, 2.24) is 5.32 Å². The topological polar surface area (TPSA) is 29.1 Å². The highest BCUT2D eigenvalue weighted by Crippen LogP contribution is 2.55. The summed E-state index contributed by atoms with van der Waals surface area (Å²) in [5.74, 6) is 1.99. The van der Waals surface area contributed by atoms with E-state index in [4.69, 9.17) is 0 Å². The molecule has 108 valence electrons. The molecule has 0 saturated heterocycles. The van der Waals surface area contributed by atoms with Crippen molar-refractivity contribution in [2.24, 2.45) is 17.8 Å². The van der Waals surface area contributed by atoms with Crippen LogP contribution in [0.25, 0.3) is 0 Å². The molecule has 3 unspecified atom stereocenters. The van der Waals surface area contributed by atoms with E-state index in [1.165, 1.54) is 31.2 Å². The number of nitrogens with one attached hydrogen (secondary N) is 1. The fourth-order valence-corrected chi connectivity index (χ4v) is 4.11. The molecule has 2 aliphatic carbocycles. The average Bonchev–Trinajstić information content (AvgIpc) is 3.22. The lowest BCUT2D eigenvalue weighted by Crippen LogP contribution is -2.39. The first-order valence-electron chi connectivity index (χ1n) is 7.70. The predicted octanol–water partition coefficient (Wildman–Crippen LogP) is 3.55. The van der Waals surface area contributed by atoms with E-state index >= 15 is 0 Å². The molecule has 2 fully saturated rings. The van der Waals surface area contributed by atoms with E-state index in [2.05, 4.69) is 45.5 Å². The van der Waals surface area contributed by atoms with Crippen molar-refractivity contribution in [1.29, 1.82) is 0 Å². The van der Waals surface area contributed by atoms with Gasteiger partial charge in [0.15, 0.2) is 0 Å². The number of hydrogen-bond donors (Lipinski definition) is 1. The summed E-state index contributed by atoms with van der Waals surface area (Å²) in [6.45, 7) is 0. The Morgan fingerprint density at radius 2 is 1.85 bits per heavy atom. The lowest BCUT2D eigenvalue weighted by atomic mass is 10.0. The molecule has 0 radical (unpaired) electrons. The SMILES string of the molecule is O=C(NC(CBr)Cc1ccccc1)C1C2CCCCC21. The lowest BCUT2D eigenvalue weighted by Gasteiger charge is -2.16. The molecular weight excluding hydrogens is 314 g/mol. The van der Waals surface area contributed by atoms with Crippen LogP contribution in [0, 0.1) is 17.8 Å². The molecule has 0 aliphatic heterocycles. The van der Waals surface area contributed by atoms with Gasteiger partial charge in [0.1, 0.15) is 0 Å². The summed E-state index contributed by atoms with van der Waals surface area (Å²) in [7, 11) is 0. The Kier molecular flexibility index (Phi) is 4.45. The van der Waals surface area contributed by atoms with E-state index < -0.39 is 0 Å². The van der Waals surface area contributed by atoms with E-state index in [0.29, 0.717) is 23.7 Å². The molecule has 0 aromatic heterocycles. The number of halogens is 1. The van der Waals surface area contributed by atoms with Crippen molar-refractivity contribution in [3.63, 3.8) is 0 Å². The van der Waals surface area contributed by atoms with Gasteiger partial charge in [-0.05, 0) is 36.7 Å². The van der Waals surface area contributed by atoms with Crippen molar-refractivity contribution < 1.29 is 4.79 Å². The molecule has 0 spiro atoms. The number of benzene rings is 1. The zero-order chi connectivity index (χ0) is 13.9. The van der Waals surface area contributed by atoms with Gasteiger partial charge in [0.25, 0.3) is 0 Å². The van der Waals surface area contributed by atoms with Crippen LogP contribution in [-0.4, -0.2) is 17.3 Å². The van der Waals surface area contributed by atoms with Crippen LogP contribution in [0.3, 0.4) is 0 Å². The third-order valence-corrected chi connectivity index (χ3v) is 5.60. The second kappa shape index (κ2) is 6.30. The summed E-state index contributed by atoms with van der Waals surface area (Å²) < 4.78 is 0. The molecular formula is C17H22BrNO. The Morgan fingerprint density at radius 1 is 1.20 bits per heavy atom. The van der Waals surface area contributed by atoms with Gasteiger partial charge in [0.2, 0.25) is 5.91 Å². The molecule has 2 aliphatic rings. The van der Waals surface area contributed by atoms with Gasteiger partial charge in [-0.25, -0.2) is 0 Å². The fraction of sp³-hybridized carbons (Fsp3) is 0.588. The number of carbonyl (C=O) groups excluding carboxylic acids is 1. The molecule has 20 heavy (non-hydrogen) atoms. The zero-order valence-electron chi connectivity index (χ0n) is 11.7. The first-order chi connectivity index (χ1) is 9.79. The minimum atomic E-state index is 0.201. The molecule has 0 heterocycles. The molecule has 3 heteroatoms. The Labute approximate surface area is 129 Å². The standard InChI is InChI=1S/C17H22BrNO/c18-11-13(10-12-6-2-1-3-7-12)19-17(20)16-14-8-4-5-9-15(14)16/h1-3,6-7,13-16H,4-5,8-11H2,(H,19,20). The van der Waals surface area contributed by atoms with Gasteiger partial charge < -0.3 is 5.32 Å². The van der Waals surface area contributed by atoms with Crippen LogP contribution in [0.5, 0.6) is 0 Å². The van der Waals surface area contributed by atoms with Crippen molar-refractivity contribution in [2.75, 3.05) is 5.33 Å². The largest absolute Gasteiger partial charge is 0.352 e. The summed E-state index contributed by atoms with van der Waals surface area (Å²) in [5.41, 5.74) is 1.28. The number of alkyl halides is 1. The van der Waals surface area contributed by atoms with Crippen LogP contribution >= 0.6 is 15.9 Å². The van der Waals surface area contributed by atoms with Crippen molar-refractivity contribution in [3.8, 4) is 0 Å². The summed E-state index contributed by atoms with van der Waals surface area (Å²) in [6.07, 6.45) is 6.06. The van der Waals surface area contributed by atoms with Crippen molar-refractivity contribution in [3.05, 3.63) is 35.9 Å². The van der Waals surface area contributed by atoms with Gasteiger partial charge in [-0.3, -0.25) is 4.79 Å². The highest BCUT2D eigenvalue weighted by atomic mass is 79.9. The lowest BCUT2D eigenvalue weighted by molar-refractivity contribution is -0.123. The minimum Gasteiger partial charge on any atom is -0.352 e. The van der Waals surface area contributed by atoms with Crippen LogP contribution in [-0.2, 0) is 11.2 Å². The molecule has 3 rings (SSSR count). The van der Waals surface area contributed by atoms with Crippen molar-refractivity contribution >= 4 is 21.8 Å². The first-order valence-corrected chi connectivity index (χ1v) is 8.82. The quantitative estimate of drug-likeness (QED) is 0.819. The highest BCUT2D eigenvalue weighted by Gasteiger charge is 2.54. The van der Waals surface area contributed by atoms with Crippen LogP contribution in [0.1, 0.15) is 31.2 Å². The van der Waals surface area contributed by atoms with E-state index in [1.54, 1.807) is 0 Å². The van der Waals surface area contributed by atoms with E-state index in [1.807, 2.05) is 6.07 Å². The van der Waals surface area contributed by atoms with Gasteiger partial charge >= 0.3 is 0 Å². The Bertz CT molecular complexity index is 449. The maximum absolute atomic E-state index is 12.4. The van der Waals surface area contributed by atoms with E-state index in [9.17, 15) is 4.79 Å². The van der Waals surface area contributed by atoms with Crippen LogP contribution in [0.2, 0.25) is 0 Å². The number of fused-ring (bicyclic) bond motifs is 1. The van der Waals surface area contributed by atoms with E-state index in [-0.39, 0.29) is 6.04 Å². The van der Waals surface area contributed by atoms with Crippen LogP contribution < -0.4 is 5.32 Å². The molecule has 1 N–H and O–H groups in total. The molecule has 2 nitrogen and oxygen atoms in total. The minimum absolute atomic E-state index is 0.201. The molecule has 0 bridgehead atoms.